The number of carbonyl (C=O) groups is 1. The normalized spacial score (nSPS) is 18.2. The van der Waals surface area contributed by atoms with Gasteiger partial charge < -0.3 is 29.0 Å². The topological polar surface area (TPSA) is 117 Å². The van der Waals surface area contributed by atoms with E-state index >= 15 is 0 Å². The number of hydrogen-bond acceptors (Lipinski definition) is 9. The van der Waals surface area contributed by atoms with Crippen LogP contribution >= 0.6 is 11.6 Å². The summed E-state index contributed by atoms with van der Waals surface area (Å²) in [4.78, 5) is 20.8. The Hall–Kier alpha value is -4.66. The van der Waals surface area contributed by atoms with Gasteiger partial charge in [-0.05, 0) is 105 Å². The Bertz CT molecular complexity index is 2060. The Kier molecular flexibility index (Phi) is 12.8. The summed E-state index contributed by atoms with van der Waals surface area (Å²) in [6.45, 7) is 11.5. The summed E-state index contributed by atoms with van der Waals surface area (Å²) >= 11 is 6.88. The quantitative estimate of drug-likeness (QED) is 0.118. The SMILES string of the molecule is Cc1c(COc2cc(OCc3cncc(C#N)c3)c(CN3CCCC[C@H]3C(=O)O)cc2Cl)cccc1-c1cccc(OCCCN2CCCC3(COC3)C2)c1C. The molecule has 1 N–H and O–H groups in total. The number of halogens is 1. The minimum Gasteiger partial charge on any atom is -0.493 e. The number of carboxylic acids is 1. The Morgan fingerprint density at radius 2 is 1.75 bits per heavy atom. The second kappa shape index (κ2) is 18.1. The fourth-order valence-corrected chi connectivity index (χ4v) is 8.60. The van der Waals surface area contributed by atoms with E-state index in [1.807, 2.05) is 17.0 Å². The van der Waals surface area contributed by atoms with Crippen LogP contribution in [-0.4, -0.2) is 77.9 Å². The summed E-state index contributed by atoms with van der Waals surface area (Å²) < 4.78 is 24.6. The smallest absolute Gasteiger partial charge is 0.320 e. The lowest BCUT2D eigenvalue weighted by molar-refractivity contribution is -0.144. The zero-order valence-electron chi connectivity index (χ0n) is 32.4. The minimum absolute atomic E-state index is 0.164. The largest absolute Gasteiger partial charge is 0.493 e. The number of carboxylic acid groups (broad SMARTS) is 1. The van der Waals surface area contributed by atoms with Gasteiger partial charge >= 0.3 is 5.97 Å². The molecule has 3 saturated heterocycles. The van der Waals surface area contributed by atoms with Gasteiger partial charge in [0.15, 0.2) is 0 Å². The third kappa shape index (κ3) is 9.30. The summed E-state index contributed by atoms with van der Waals surface area (Å²) in [7, 11) is 0. The fraction of sp³-hybridized carbons (Fsp3) is 0.444. The van der Waals surface area contributed by atoms with Gasteiger partial charge in [0.05, 0.1) is 30.4 Å². The van der Waals surface area contributed by atoms with Crippen molar-refractivity contribution in [2.24, 2.45) is 5.41 Å². The molecule has 0 unspecified atom stereocenters. The molecule has 0 radical (unpaired) electrons. The van der Waals surface area contributed by atoms with Gasteiger partial charge in [0.25, 0.3) is 0 Å². The van der Waals surface area contributed by atoms with Crippen LogP contribution in [0.2, 0.25) is 5.02 Å². The van der Waals surface area contributed by atoms with Gasteiger partial charge in [-0.1, -0.05) is 48.4 Å². The van der Waals surface area contributed by atoms with Crippen molar-refractivity contribution in [3.05, 3.63) is 105 Å². The number of piperidine rings is 2. The van der Waals surface area contributed by atoms with Crippen molar-refractivity contribution in [1.82, 2.24) is 14.8 Å². The molecular formula is C45H51ClN4O6. The molecule has 1 spiro atoms. The fourth-order valence-electron chi connectivity index (χ4n) is 8.36. The minimum atomic E-state index is -0.828. The molecule has 10 nitrogen and oxygen atoms in total. The zero-order chi connectivity index (χ0) is 39.1. The van der Waals surface area contributed by atoms with E-state index in [0.29, 0.717) is 53.6 Å². The Balaban J connectivity index is 1.04. The summed E-state index contributed by atoms with van der Waals surface area (Å²) in [5, 5.41) is 19.7. The van der Waals surface area contributed by atoms with Crippen LogP contribution < -0.4 is 14.2 Å². The molecule has 294 valence electrons. The first-order valence-electron chi connectivity index (χ1n) is 19.7. The summed E-state index contributed by atoms with van der Waals surface area (Å²) in [6, 6.07) is 19.4. The number of hydrogen-bond donors (Lipinski definition) is 1. The molecule has 3 aliphatic rings. The molecule has 0 aliphatic carbocycles. The molecular weight excluding hydrogens is 728 g/mol. The van der Waals surface area contributed by atoms with Crippen LogP contribution in [0, 0.1) is 30.6 Å². The Labute approximate surface area is 334 Å². The lowest BCUT2D eigenvalue weighted by atomic mass is 9.78. The van der Waals surface area contributed by atoms with Crippen LogP contribution in [-0.2, 0) is 29.3 Å². The molecule has 3 aromatic carbocycles. The van der Waals surface area contributed by atoms with Crippen LogP contribution in [0.15, 0.2) is 67.0 Å². The van der Waals surface area contributed by atoms with Crippen molar-refractivity contribution >= 4 is 17.6 Å². The number of aliphatic carboxylic acids is 1. The van der Waals surface area contributed by atoms with E-state index in [1.165, 1.54) is 19.0 Å². The molecule has 3 fully saturated rings. The van der Waals surface area contributed by atoms with Gasteiger partial charge in [0.2, 0.25) is 0 Å². The van der Waals surface area contributed by atoms with Crippen molar-refractivity contribution in [1.29, 1.82) is 5.26 Å². The first kappa shape index (κ1) is 39.6. The number of likely N-dealkylation sites (tertiary alicyclic amines) is 2. The predicted molar refractivity (Wildman–Crippen MR) is 215 cm³/mol. The summed E-state index contributed by atoms with van der Waals surface area (Å²) in [6.07, 6.45) is 9.08. The highest BCUT2D eigenvalue weighted by Gasteiger charge is 2.41. The molecule has 11 heteroatoms. The lowest BCUT2D eigenvalue weighted by Gasteiger charge is -2.48. The van der Waals surface area contributed by atoms with Gasteiger partial charge in [-0.3, -0.25) is 14.7 Å². The molecule has 0 bridgehead atoms. The van der Waals surface area contributed by atoms with Crippen LogP contribution in [0.5, 0.6) is 17.2 Å². The number of nitrogens with zero attached hydrogens (tertiary/aromatic N) is 4. The highest BCUT2D eigenvalue weighted by atomic mass is 35.5. The maximum absolute atomic E-state index is 12.1. The zero-order valence-corrected chi connectivity index (χ0v) is 33.2. The molecule has 0 saturated carbocycles. The number of ether oxygens (including phenoxy) is 4. The first-order chi connectivity index (χ1) is 27.2. The average Bonchev–Trinajstić information content (AvgIpc) is 3.19. The van der Waals surface area contributed by atoms with E-state index in [1.54, 1.807) is 18.3 Å². The van der Waals surface area contributed by atoms with Crippen molar-refractivity contribution in [3.8, 4) is 34.4 Å². The van der Waals surface area contributed by atoms with E-state index in [9.17, 15) is 15.2 Å². The number of aromatic nitrogens is 1. The van der Waals surface area contributed by atoms with Gasteiger partial charge in [-0.2, -0.15) is 5.26 Å². The predicted octanol–water partition coefficient (Wildman–Crippen LogP) is 8.37. The first-order valence-corrected chi connectivity index (χ1v) is 20.1. The van der Waals surface area contributed by atoms with Crippen molar-refractivity contribution in [2.75, 3.05) is 46.0 Å². The number of benzene rings is 3. The van der Waals surface area contributed by atoms with Crippen LogP contribution in [0.3, 0.4) is 0 Å². The Morgan fingerprint density at radius 1 is 0.946 bits per heavy atom. The second-order valence-electron chi connectivity index (χ2n) is 15.6. The van der Waals surface area contributed by atoms with E-state index < -0.39 is 12.0 Å². The highest BCUT2D eigenvalue weighted by Crippen LogP contribution is 2.39. The molecule has 7 rings (SSSR count). The highest BCUT2D eigenvalue weighted by molar-refractivity contribution is 6.32. The monoisotopic (exact) mass is 778 g/mol. The number of rotatable bonds is 15. The van der Waals surface area contributed by atoms with Crippen molar-refractivity contribution in [3.63, 3.8) is 0 Å². The molecule has 3 aliphatic heterocycles. The molecule has 0 amide bonds. The van der Waals surface area contributed by atoms with Crippen LogP contribution in [0.25, 0.3) is 11.1 Å². The van der Waals surface area contributed by atoms with Gasteiger partial charge in [0.1, 0.15) is 42.6 Å². The molecule has 4 aromatic rings. The number of nitriles is 1. The standard InChI is InChI=1S/C45H51ClN4O6/c1-31-35(9-5-10-37(31)38-11-6-13-41(32(38)2)54-18-8-16-49-15-7-14-45(28-49)29-53-30-45)27-56-43-21-42(55-26-34-19-33(22-47)23-48-24-34)36(20-39(43)46)25-50-17-4-3-12-40(50)44(51)52/h5-6,9-11,13,19-21,23-24,40H,3-4,7-8,12,14-18,25-30H2,1-2H3,(H,51,52)/t40-/m0/s1. The Morgan fingerprint density at radius 3 is 2.54 bits per heavy atom. The van der Waals surface area contributed by atoms with Crippen molar-refractivity contribution < 1.29 is 28.8 Å². The van der Waals surface area contributed by atoms with Gasteiger partial charge in [0, 0.05) is 54.6 Å². The molecule has 1 aromatic heterocycles. The maximum Gasteiger partial charge on any atom is 0.320 e. The van der Waals surface area contributed by atoms with E-state index in [0.717, 1.165) is 96.8 Å². The van der Waals surface area contributed by atoms with Gasteiger partial charge in [-0.25, -0.2) is 0 Å². The maximum atomic E-state index is 12.1. The van der Waals surface area contributed by atoms with E-state index in [2.05, 4.69) is 60.1 Å². The third-order valence-electron chi connectivity index (χ3n) is 11.5. The third-order valence-corrected chi connectivity index (χ3v) is 11.8. The van der Waals surface area contributed by atoms with Crippen LogP contribution in [0.1, 0.15) is 71.9 Å². The molecule has 1 atom stereocenters. The summed E-state index contributed by atoms with van der Waals surface area (Å²) in [5.41, 5.74) is 7.79. The van der Waals surface area contributed by atoms with Crippen molar-refractivity contribution in [2.45, 2.75) is 78.2 Å². The lowest BCUT2D eigenvalue weighted by Crippen LogP contribution is -2.54. The van der Waals surface area contributed by atoms with Gasteiger partial charge in [-0.15, -0.1) is 0 Å². The number of pyridine rings is 1. The van der Waals surface area contributed by atoms with E-state index in [-0.39, 0.29) is 13.2 Å². The molecule has 4 heterocycles. The summed E-state index contributed by atoms with van der Waals surface area (Å²) in [5.74, 6) is 1.07. The molecule has 56 heavy (non-hydrogen) atoms. The van der Waals surface area contributed by atoms with E-state index in [4.69, 9.17) is 30.5 Å². The van der Waals surface area contributed by atoms with Crippen LogP contribution in [0.4, 0.5) is 0 Å². The second-order valence-corrected chi connectivity index (χ2v) is 16.0. The average molecular weight is 779 g/mol.